The maximum Gasteiger partial charge on any atom is 0.279 e. The Hall–Kier alpha value is -2.89. The summed E-state index contributed by atoms with van der Waals surface area (Å²) in [7, 11) is -1.84. The van der Waals surface area contributed by atoms with Crippen molar-refractivity contribution in [1.82, 2.24) is 4.57 Å². The molecule has 0 aliphatic heterocycles. The topological polar surface area (TPSA) is 121 Å². The SMILES string of the molecule is COCCn1c(=NC(=O)c2ccc(C)c([N+](=O)[O-])c2)sc2cc(S(C)(=O)=O)ccc21. The van der Waals surface area contributed by atoms with Crippen molar-refractivity contribution in [2.75, 3.05) is 20.0 Å². The number of rotatable bonds is 6. The molecule has 1 aromatic heterocycles. The van der Waals surface area contributed by atoms with E-state index >= 15 is 0 Å². The number of carbonyl (C=O) groups excluding carboxylic acids is 1. The van der Waals surface area contributed by atoms with E-state index < -0.39 is 20.7 Å². The summed E-state index contributed by atoms with van der Waals surface area (Å²) in [5, 5.41) is 11.2. The van der Waals surface area contributed by atoms with E-state index in [-0.39, 0.29) is 16.1 Å². The molecule has 0 radical (unpaired) electrons. The first-order chi connectivity index (χ1) is 14.1. The lowest BCUT2D eigenvalue weighted by Crippen LogP contribution is -2.19. The first-order valence-electron chi connectivity index (χ1n) is 8.78. The van der Waals surface area contributed by atoms with Crippen LogP contribution in [0, 0.1) is 17.0 Å². The monoisotopic (exact) mass is 449 g/mol. The first-order valence-corrected chi connectivity index (χ1v) is 11.5. The van der Waals surface area contributed by atoms with Gasteiger partial charge in [0.25, 0.3) is 11.6 Å². The van der Waals surface area contributed by atoms with Gasteiger partial charge in [0, 0.05) is 37.1 Å². The standard InChI is InChI=1S/C19H19N3O6S2/c1-12-4-5-13(10-16(12)22(24)25)18(23)20-19-21(8-9-28-2)15-7-6-14(30(3,26)27)11-17(15)29-19/h4-7,10-11H,8-9H2,1-3H3. The third-order valence-electron chi connectivity index (χ3n) is 4.45. The van der Waals surface area contributed by atoms with Gasteiger partial charge in [0.2, 0.25) is 0 Å². The van der Waals surface area contributed by atoms with Gasteiger partial charge in [-0.15, -0.1) is 0 Å². The van der Waals surface area contributed by atoms with Crippen molar-refractivity contribution in [3.05, 3.63) is 62.4 Å². The van der Waals surface area contributed by atoms with Crippen molar-refractivity contribution >= 4 is 43.0 Å². The number of thiazole rings is 1. The fourth-order valence-corrected chi connectivity index (χ4v) is 4.67. The number of hydrogen-bond donors (Lipinski definition) is 0. The molecule has 0 saturated carbocycles. The Kier molecular flexibility index (Phi) is 6.15. The number of carbonyl (C=O) groups is 1. The van der Waals surface area contributed by atoms with Crippen LogP contribution in [0.2, 0.25) is 0 Å². The maximum absolute atomic E-state index is 12.7. The number of nitro benzene ring substituents is 1. The van der Waals surface area contributed by atoms with Crippen LogP contribution in [-0.4, -0.2) is 43.8 Å². The highest BCUT2D eigenvalue weighted by molar-refractivity contribution is 7.90. The van der Waals surface area contributed by atoms with Gasteiger partial charge in [-0.2, -0.15) is 4.99 Å². The normalized spacial score (nSPS) is 12.4. The third kappa shape index (κ3) is 4.48. The van der Waals surface area contributed by atoms with E-state index in [9.17, 15) is 23.3 Å². The molecule has 0 spiro atoms. The summed E-state index contributed by atoms with van der Waals surface area (Å²) in [6, 6.07) is 8.90. The molecule has 0 fully saturated rings. The lowest BCUT2D eigenvalue weighted by Gasteiger charge is -2.05. The maximum atomic E-state index is 12.7. The number of hydrogen-bond acceptors (Lipinski definition) is 7. The van der Waals surface area contributed by atoms with Gasteiger partial charge in [0.05, 0.1) is 26.6 Å². The van der Waals surface area contributed by atoms with Gasteiger partial charge in [0.1, 0.15) is 0 Å². The summed E-state index contributed by atoms with van der Waals surface area (Å²) in [4.78, 5) is 28.0. The summed E-state index contributed by atoms with van der Waals surface area (Å²) in [6.45, 7) is 2.35. The van der Waals surface area contributed by atoms with E-state index in [0.717, 1.165) is 17.6 Å². The van der Waals surface area contributed by atoms with Crippen molar-refractivity contribution in [2.45, 2.75) is 18.4 Å². The molecule has 11 heteroatoms. The van der Waals surface area contributed by atoms with Crippen LogP contribution in [0.4, 0.5) is 5.69 Å². The number of sulfone groups is 1. The lowest BCUT2D eigenvalue weighted by atomic mass is 10.1. The number of aryl methyl sites for hydroxylation is 1. The van der Waals surface area contributed by atoms with Gasteiger partial charge in [0.15, 0.2) is 14.6 Å². The second kappa shape index (κ2) is 8.46. The fraction of sp³-hybridized carbons (Fsp3) is 0.263. The number of ether oxygens (including phenoxy) is 1. The van der Waals surface area contributed by atoms with E-state index in [1.807, 2.05) is 0 Å². The van der Waals surface area contributed by atoms with Crippen LogP contribution in [0.15, 0.2) is 46.3 Å². The van der Waals surface area contributed by atoms with Gasteiger partial charge < -0.3 is 9.30 Å². The highest BCUT2D eigenvalue weighted by Gasteiger charge is 2.16. The lowest BCUT2D eigenvalue weighted by molar-refractivity contribution is -0.385. The highest BCUT2D eigenvalue weighted by atomic mass is 32.2. The predicted octanol–water partition coefficient (Wildman–Crippen LogP) is 2.71. The molecule has 158 valence electrons. The summed E-state index contributed by atoms with van der Waals surface area (Å²) in [5.41, 5.74) is 1.10. The largest absolute Gasteiger partial charge is 0.383 e. The minimum Gasteiger partial charge on any atom is -0.383 e. The number of benzene rings is 2. The summed E-state index contributed by atoms with van der Waals surface area (Å²) < 4.78 is 31.3. The Bertz CT molecular complexity index is 1320. The zero-order chi connectivity index (χ0) is 22.1. The molecule has 1 amide bonds. The first kappa shape index (κ1) is 21.8. The van der Waals surface area contributed by atoms with Crippen molar-refractivity contribution in [1.29, 1.82) is 0 Å². The Morgan fingerprint density at radius 2 is 2.00 bits per heavy atom. The van der Waals surface area contributed by atoms with Crippen LogP contribution in [0.25, 0.3) is 10.2 Å². The predicted molar refractivity (Wildman–Crippen MR) is 113 cm³/mol. The Morgan fingerprint density at radius 1 is 1.27 bits per heavy atom. The smallest absolute Gasteiger partial charge is 0.279 e. The molecule has 3 aromatic rings. The molecule has 2 aromatic carbocycles. The highest BCUT2D eigenvalue weighted by Crippen LogP contribution is 2.23. The molecule has 0 saturated heterocycles. The average molecular weight is 450 g/mol. The van der Waals surface area contributed by atoms with Crippen molar-refractivity contribution in [3.63, 3.8) is 0 Å². The molecule has 0 N–H and O–H groups in total. The molecule has 9 nitrogen and oxygen atoms in total. The van der Waals surface area contributed by atoms with Crippen LogP contribution in [0.5, 0.6) is 0 Å². The van der Waals surface area contributed by atoms with Crippen molar-refractivity contribution in [3.8, 4) is 0 Å². The summed E-state index contributed by atoms with van der Waals surface area (Å²) in [5.74, 6) is -0.626. The molecule has 30 heavy (non-hydrogen) atoms. The average Bonchev–Trinajstić information content (AvgIpc) is 3.01. The van der Waals surface area contributed by atoms with E-state index in [4.69, 9.17) is 4.74 Å². The second-order valence-electron chi connectivity index (χ2n) is 6.61. The molecule has 0 aliphatic carbocycles. The molecule has 3 rings (SSSR count). The van der Waals surface area contributed by atoms with Crippen LogP contribution in [-0.2, 0) is 21.1 Å². The Labute approximate surface area is 176 Å². The zero-order valence-electron chi connectivity index (χ0n) is 16.5. The molecular weight excluding hydrogens is 430 g/mol. The van der Waals surface area contributed by atoms with Crippen molar-refractivity contribution < 1.29 is 22.9 Å². The number of nitrogens with zero attached hydrogens (tertiary/aromatic N) is 3. The zero-order valence-corrected chi connectivity index (χ0v) is 18.1. The quantitative estimate of drug-likeness (QED) is 0.421. The minimum absolute atomic E-state index is 0.0971. The molecule has 1 heterocycles. The second-order valence-corrected chi connectivity index (χ2v) is 9.63. The molecule has 0 unspecified atom stereocenters. The number of nitro groups is 1. The van der Waals surface area contributed by atoms with E-state index in [1.165, 1.54) is 24.3 Å². The number of fused-ring (bicyclic) bond motifs is 1. The van der Waals surface area contributed by atoms with Crippen LogP contribution < -0.4 is 4.80 Å². The van der Waals surface area contributed by atoms with Gasteiger partial charge >= 0.3 is 0 Å². The van der Waals surface area contributed by atoms with Crippen LogP contribution >= 0.6 is 11.3 Å². The Morgan fingerprint density at radius 3 is 2.63 bits per heavy atom. The van der Waals surface area contributed by atoms with Crippen LogP contribution in [0.3, 0.4) is 0 Å². The van der Waals surface area contributed by atoms with Crippen molar-refractivity contribution in [2.24, 2.45) is 4.99 Å². The van der Waals surface area contributed by atoms with Crippen LogP contribution in [0.1, 0.15) is 15.9 Å². The number of methoxy groups -OCH3 is 1. The van der Waals surface area contributed by atoms with Gasteiger partial charge in [-0.05, 0) is 31.2 Å². The molecule has 0 bridgehead atoms. The molecular formula is C19H19N3O6S2. The third-order valence-corrected chi connectivity index (χ3v) is 6.60. The summed E-state index contributed by atoms with van der Waals surface area (Å²) >= 11 is 1.16. The minimum atomic E-state index is -3.39. The Balaban J connectivity index is 2.15. The fourth-order valence-electron chi connectivity index (χ4n) is 2.86. The molecule has 0 aliphatic rings. The number of aromatic nitrogens is 1. The van der Waals surface area contributed by atoms with Gasteiger partial charge in [-0.25, -0.2) is 8.42 Å². The number of amides is 1. The van der Waals surface area contributed by atoms with E-state index in [2.05, 4.69) is 4.99 Å². The summed E-state index contributed by atoms with van der Waals surface area (Å²) in [6.07, 6.45) is 1.12. The molecule has 0 atom stereocenters. The van der Waals surface area contributed by atoms with E-state index in [0.29, 0.717) is 33.7 Å². The van der Waals surface area contributed by atoms with Gasteiger partial charge in [-0.3, -0.25) is 14.9 Å². The van der Waals surface area contributed by atoms with E-state index in [1.54, 1.807) is 30.7 Å². The van der Waals surface area contributed by atoms with Gasteiger partial charge in [-0.1, -0.05) is 17.4 Å².